The van der Waals surface area contributed by atoms with Gasteiger partial charge in [0.1, 0.15) is 5.56 Å². The van der Waals surface area contributed by atoms with Crippen molar-refractivity contribution in [3.63, 3.8) is 0 Å². The maximum absolute atomic E-state index is 12.5. The number of halogens is 1. The monoisotopic (exact) mass is 403 g/mol. The summed E-state index contributed by atoms with van der Waals surface area (Å²) < 4.78 is 28.0. The van der Waals surface area contributed by atoms with Gasteiger partial charge in [0.15, 0.2) is 12.4 Å². The summed E-state index contributed by atoms with van der Waals surface area (Å²) in [5.74, 6) is -0.527. The molecule has 0 aliphatic rings. The summed E-state index contributed by atoms with van der Waals surface area (Å²) >= 11 is 5.79. The Labute approximate surface area is 160 Å². The summed E-state index contributed by atoms with van der Waals surface area (Å²) in [5, 5.41) is 14.3. The van der Waals surface area contributed by atoms with Crippen LogP contribution in [-0.4, -0.2) is 14.3 Å². The van der Waals surface area contributed by atoms with Gasteiger partial charge < -0.3 is 10.5 Å². The summed E-state index contributed by atoms with van der Waals surface area (Å²) in [5.41, 5.74) is 0.790. The van der Waals surface area contributed by atoms with Gasteiger partial charge in [0.25, 0.3) is 15.9 Å². The zero-order chi connectivity index (χ0) is 19.4. The molecule has 3 aromatic rings. The second-order valence-electron chi connectivity index (χ2n) is 5.55. The first-order valence-corrected chi connectivity index (χ1v) is 9.58. The van der Waals surface area contributed by atoms with Gasteiger partial charge in [-0.2, -0.15) is 4.73 Å². The largest absolute Gasteiger partial charge is 0.619 e. The van der Waals surface area contributed by atoms with E-state index in [1.54, 1.807) is 30.3 Å². The van der Waals surface area contributed by atoms with Crippen LogP contribution in [0.5, 0.6) is 0 Å². The van der Waals surface area contributed by atoms with Crippen molar-refractivity contribution >= 4 is 38.9 Å². The molecular formula is C18H14ClN3O4S. The smallest absolute Gasteiger partial charge is 0.261 e. The van der Waals surface area contributed by atoms with E-state index in [0.717, 1.165) is 6.20 Å². The van der Waals surface area contributed by atoms with Crippen LogP contribution < -0.4 is 14.8 Å². The molecule has 9 heteroatoms. The Bertz CT molecular complexity index is 1090. The number of benzene rings is 2. The predicted molar refractivity (Wildman–Crippen MR) is 102 cm³/mol. The summed E-state index contributed by atoms with van der Waals surface area (Å²) in [4.78, 5) is 12.2. The molecule has 1 aromatic heterocycles. The van der Waals surface area contributed by atoms with Crippen LogP contribution in [0.4, 0.5) is 11.4 Å². The number of anilines is 2. The third-order valence-corrected chi connectivity index (χ3v) is 5.17. The minimum absolute atomic E-state index is 0.0257. The molecule has 0 saturated carbocycles. The van der Waals surface area contributed by atoms with E-state index in [2.05, 4.69) is 10.0 Å². The maximum atomic E-state index is 12.5. The van der Waals surface area contributed by atoms with Crippen molar-refractivity contribution in [1.82, 2.24) is 0 Å². The van der Waals surface area contributed by atoms with E-state index >= 15 is 0 Å². The highest BCUT2D eigenvalue weighted by Gasteiger charge is 2.16. The Morgan fingerprint density at radius 1 is 1.00 bits per heavy atom. The fourth-order valence-corrected chi connectivity index (χ4v) is 3.50. The van der Waals surface area contributed by atoms with Gasteiger partial charge in [0.05, 0.1) is 4.90 Å². The average Bonchev–Trinajstić information content (AvgIpc) is 2.64. The topological polar surface area (TPSA) is 102 Å². The van der Waals surface area contributed by atoms with Crippen LogP contribution in [0.2, 0.25) is 5.02 Å². The molecule has 138 valence electrons. The number of carbonyl (C=O) groups excluding carboxylic acids is 1. The van der Waals surface area contributed by atoms with Crippen molar-refractivity contribution in [1.29, 1.82) is 0 Å². The van der Waals surface area contributed by atoms with Crippen LogP contribution in [0.3, 0.4) is 0 Å². The molecule has 2 N–H and O–H groups in total. The number of rotatable bonds is 5. The highest BCUT2D eigenvalue weighted by Crippen LogP contribution is 2.21. The third-order valence-electron chi connectivity index (χ3n) is 3.54. The summed E-state index contributed by atoms with van der Waals surface area (Å²) in [6.45, 7) is 0. The molecule has 0 saturated heterocycles. The van der Waals surface area contributed by atoms with Crippen molar-refractivity contribution < 1.29 is 17.9 Å². The van der Waals surface area contributed by atoms with Crippen LogP contribution in [0.15, 0.2) is 78.0 Å². The van der Waals surface area contributed by atoms with Gasteiger partial charge in [-0.15, -0.1) is 0 Å². The number of sulfonamides is 1. The van der Waals surface area contributed by atoms with Crippen LogP contribution in [0.25, 0.3) is 0 Å². The minimum Gasteiger partial charge on any atom is -0.619 e. The van der Waals surface area contributed by atoms with Crippen molar-refractivity contribution in [2.24, 2.45) is 0 Å². The molecule has 7 nitrogen and oxygen atoms in total. The first-order chi connectivity index (χ1) is 12.8. The number of pyridine rings is 1. The standard InChI is InChI=1S/C18H14ClN3O4S/c19-14-6-8-15(9-7-14)21-27(25,26)17-5-1-4-16(11-17)20-18(23)13-3-2-10-22(24)12-13/h1-12,21H,(H,20,23). The van der Waals surface area contributed by atoms with E-state index in [9.17, 15) is 18.4 Å². The van der Waals surface area contributed by atoms with Crippen LogP contribution in [-0.2, 0) is 10.0 Å². The lowest BCUT2D eigenvalue weighted by Gasteiger charge is -2.10. The lowest BCUT2D eigenvalue weighted by molar-refractivity contribution is -0.605. The molecule has 2 aromatic carbocycles. The van der Waals surface area contributed by atoms with Crippen LogP contribution in [0, 0.1) is 5.21 Å². The summed E-state index contributed by atoms with van der Waals surface area (Å²) in [6, 6.07) is 14.9. The molecule has 0 aliphatic heterocycles. The van der Waals surface area contributed by atoms with Gasteiger partial charge in [-0.1, -0.05) is 17.7 Å². The number of hydrogen-bond acceptors (Lipinski definition) is 4. The zero-order valence-corrected chi connectivity index (χ0v) is 15.4. The molecule has 3 rings (SSSR count). The Kier molecular flexibility index (Phi) is 5.29. The normalized spacial score (nSPS) is 11.0. The molecule has 1 amide bonds. The van der Waals surface area contributed by atoms with Crippen LogP contribution in [0.1, 0.15) is 10.4 Å². The third kappa shape index (κ3) is 4.75. The molecule has 0 unspecified atom stereocenters. The maximum Gasteiger partial charge on any atom is 0.261 e. The van der Waals surface area contributed by atoms with E-state index in [-0.39, 0.29) is 16.1 Å². The molecule has 1 heterocycles. The van der Waals surface area contributed by atoms with Crippen molar-refractivity contribution in [2.75, 3.05) is 10.0 Å². The number of carbonyl (C=O) groups is 1. The van der Waals surface area contributed by atoms with Gasteiger partial charge in [0, 0.05) is 22.5 Å². The first kappa shape index (κ1) is 18.7. The van der Waals surface area contributed by atoms with Crippen molar-refractivity contribution in [2.45, 2.75) is 4.90 Å². The average molecular weight is 404 g/mol. The highest BCUT2D eigenvalue weighted by molar-refractivity contribution is 7.92. The molecule has 0 bridgehead atoms. The Hall–Kier alpha value is -3.10. The van der Waals surface area contributed by atoms with Gasteiger partial charge in [-0.3, -0.25) is 9.52 Å². The van der Waals surface area contributed by atoms with E-state index in [0.29, 0.717) is 15.4 Å². The number of nitrogens with zero attached hydrogens (tertiary/aromatic N) is 1. The molecule has 0 spiro atoms. The Morgan fingerprint density at radius 3 is 2.44 bits per heavy atom. The summed E-state index contributed by atoms with van der Waals surface area (Å²) in [7, 11) is -3.85. The van der Waals surface area contributed by atoms with Crippen LogP contribution >= 0.6 is 11.6 Å². The first-order valence-electron chi connectivity index (χ1n) is 7.72. The fraction of sp³-hybridized carbons (Fsp3) is 0. The summed E-state index contributed by atoms with van der Waals surface area (Å²) in [6.07, 6.45) is 2.38. The van der Waals surface area contributed by atoms with Crippen molar-refractivity contribution in [3.05, 3.63) is 88.9 Å². The lowest BCUT2D eigenvalue weighted by Crippen LogP contribution is -2.27. The minimum atomic E-state index is -3.85. The lowest BCUT2D eigenvalue weighted by atomic mass is 10.2. The number of amides is 1. The number of nitrogens with one attached hydrogen (secondary N) is 2. The van der Waals surface area contributed by atoms with E-state index < -0.39 is 15.9 Å². The second kappa shape index (κ2) is 7.65. The molecular weight excluding hydrogens is 390 g/mol. The van der Waals surface area contributed by atoms with E-state index in [4.69, 9.17) is 11.6 Å². The molecule has 0 fully saturated rings. The Balaban J connectivity index is 1.80. The molecule has 0 atom stereocenters. The Morgan fingerprint density at radius 2 is 1.74 bits per heavy atom. The van der Waals surface area contributed by atoms with Crippen molar-refractivity contribution in [3.8, 4) is 0 Å². The molecule has 0 aliphatic carbocycles. The fourth-order valence-electron chi connectivity index (χ4n) is 2.27. The molecule has 0 radical (unpaired) electrons. The molecule has 27 heavy (non-hydrogen) atoms. The second-order valence-corrected chi connectivity index (χ2v) is 7.67. The van der Waals surface area contributed by atoms with Gasteiger partial charge in [0.2, 0.25) is 0 Å². The zero-order valence-electron chi connectivity index (χ0n) is 13.8. The van der Waals surface area contributed by atoms with Gasteiger partial charge in [-0.25, -0.2) is 8.42 Å². The number of aromatic nitrogens is 1. The quantitative estimate of drug-likeness (QED) is 0.505. The van der Waals surface area contributed by atoms with Gasteiger partial charge in [-0.05, 0) is 48.5 Å². The predicted octanol–water partition coefficient (Wildman–Crippen LogP) is 3.03. The van der Waals surface area contributed by atoms with E-state index in [1.807, 2.05) is 0 Å². The highest BCUT2D eigenvalue weighted by atomic mass is 35.5. The van der Waals surface area contributed by atoms with E-state index in [1.165, 1.54) is 36.5 Å². The number of hydrogen-bond donors (Lipinski definition) is 2. The SMILES string of the molecule is O=C(Nc1cccc(S(=O)(=O)Nc2ccc(Cl)cc2)c1)c1ccc[n+]([O-])c1. The van der Waals surface area contributed by atoms with Gasteiger partial charge >= 0.3 is 0 Å².